The third-order valence-electron chi connectivity index (χ3n) is 4.92. The van der Waals surface area contributed by atoms with E-state index in [0.29, 0.717) is 28.5 Å². The standard InChI is InChI=1S/C22H19IN4O3/c1-12-19-20(13-4-9-17(28-2)18(10-13)29-3)16(11-24)21(25)30-22(19)27(26-12)15-7-5-14(23)6-8-15/h4-10,21H,25H2,1-3H3. The Morgan fingerprint density at radius 2 is 1.83 bits per heavy atom. The fraction of sp³-hybridized carbons (Fsp3) is 0.182. The lowest BCUT2D eigenvalue weighted by Crippen LogP contribution is -2.33. The third kappa shape index (κ3) is 3.30. The van der Waals surface area contributed by atoms with Crippen LogP contribution in [-0.2, 0) is 0 Å². The maximum absolute atomic E-state index is 9.84. The van der Waals surface area contributed by atoms with Crippen LogP contribution in [0.15, 0.2) is 48.0 Å². The molecular formula is C22H19IN4O3. The molecule has 0 fully saturated rings. The Balaban J connectivity index is 1.96. The van der Waals surface area contributed by atoms with E-state index in [1.807, 2.05) is 43.3 Å². The lowest BCUT2D eigenvalue weighted by Gasteiger charge is -2.25. The number of fused-ring (bicyclic) bond motifs is 1. The Labute approximate surface area is 187 Å². The second-order valence-corrected chi connectivity index (χ2v) is 7.91. The van der Waals surface area contributed by atoms with Gasteiger partial charge in [0.05, 0.1) is 36.7 Å². The van der Waals surface area contributed by atoms with Crippen molar-refractivity contribution < 1.29 is 14.2 Å². The molecule has 0 aliphatic carbocycles. The van der Waals surface area contributed by atoms with Gasteiger partial charge in [0.1, 0.15) is 6.07 Å². The maximum atomic E-state index is 9.84. The summed E-state index contributed by atoms with van der Waals surface area (Å²) in [5.41, 5.74) is 10.3. The third-order valence-corrected chi connectivity index (χ3v) is 5.64. The summed E-state index contributed by atoms with van der Waals surface area (Å²) >= 11 is 2.25. The number of rotatable bonds is 4. The molecule has 1 unspecified atom stereocenters. The summed E-state index contributed by atoms with van der Waals surface area (Å²) in [5, 5.41) is 14.5. The van der Waals surface area contributed by atoms with Gasteiger partial charge in [-0.3, -0.25) is 5.73 Å². The van der Waals surface area contributed by atoms with Crippen LogP contribution in [-0.4, -0.2) is 30.2 Å². The summed E-state index contributed by atoms with van der Waals surface area (Å²) in [5.74, 6) is 1.66. The van der Waals surface area contributed by atoms with Crippen molar-refractivity contribution >= 4 is 28.2 Å². The molecule has 7 nitrogen and oxygen atoms in total. The molecule has 1 atom stereocenters. The van der Waals surface area contributed by atoms with Gasteiger partial charge in [-0.05, 0) is 71.5 Å². The predicted octanol–water partition coefficient (Wildman–Crippen LogP) is 3.81. The van der Waals surface area contributed by atoms with Gasteiger partial charge in [0, 0.05) is 9.14 Å². The lowest BCUT2D eigenvalue weighted by atomic mass is 9.91. The molecule has 1 aromatic heterocycles. The van der Waals surface area contributed by atoms with E-state index in [0.717, 1.165) is 26.1 Å². The average molecular weight is 514 g/mol. The van der Waals surface area contributed by atoms with Crippen molar-refractivity contribution in [1.82, 2.24) is 9.78 Å². The molecule has 4 rings (SSSR count). The number of halogens is 1. The molecule has 0 amide bonds. The zero-order valence-corrected chi connectivity index (χ0v) is 18.8. The minimum atomic E-state index is -0.913. The molecule has 0 radical (unpaired) electrons. The first-order valence-corrected chi connectivity index (χ1v) is 10.2. The average Bonchev–Trinajstić information content (AvgIpc) is 3.08. The number of aromatic nitrogens is 2. The van der Waals surface area contributed by atoms with Gasteiger partial charge in [-0.25, -0.2) is 4.68 Å². The number of nitrogens with two attached hydrogens (primary N) is 1. The van der Waals surface area contributed by atoms with Gasteiger partial charge in [-0.2, -0.15) is 10.4 Å². The normalized spacial score (nSPS) is 15.3. The van der Waals surface area contributed by atoms with Crippen LogP contribution in [0.1, 0.15) is 16.8 Å². The van der Waals surface area contributed by atoms with Crippen molar-refractivity contribution in [3.63, 3.8) is 0 Å². The van der Waals surface area contributed by atoms with Crippen LogP contribution < -0.4 is 19.9 Å². The van der Waals surface area contributed by atoms with Crippen LogP contribution in [0.25, 0.3) is 11.3 Å². The number of nitrogens with zero attached hydrogens (tertiary/aromatic N) is 3. The zero-order chi connectivity index (χ0) is 21.4. The van der Waals surface area contributed by atoms with Crippen LogP contribution in [0.3, 0.4) is 0 Å². The molecule has 0 saturated heterocycles. The summed E-state index contributed by atoms with van der Waals surface area (Å²) in [6.45, 7) is 1.89. The van der Waals surface area contributed by atoms with E-state index >= 15 is 0 Å². The van der Waals surface area contributed by atoms with Crippen molar-refractivity contribution in [2.24, 2.45) is 5.73 Å². The number of hydrogen-bond donors (Lipinski definition) is 1. The molecule has 30 heavy (non-hydrogen) atoms. The molecule has 8 heteroatoms. The van der Waals surface area contributed by atoms with Crippen LogP contribution in [0, 0.1) is 21.8 Å². The SMILES string of the molecule is COc1ccc(C2=C(C#N)C(N)Oc3c2c(C)nn3-c2ccc(I)cc2)cc1OC. The van der Waals surface area contributed by atoms with Crippen molar-refractivity contribution in [2.45, 2.75) is 13.2 Å². The Morgan fingerprint density at radius 3 is 2.47 bits per heavy atom. The molecule has 3 aromatic rings. The molecule has 2 N–H and O–H groups in total. The monoisotopic (exact) mass is 514 g/mol. The Bertz CT molecular complexity index is 1190. The number of nitriles is 1. The van der Waals surface area contributed by atoms with Crippen molar-refractivity contribution in [3.8, 4) is 29.1 Å². The quantitative estimate of drug-likeness (QED) is 0.533. The molecule has 2 heterocycles. The number of benzene rings is 2. The second kappa shape index (κ2) is 8.01. The van der Waals surface area contributed by atoms with E-state index in [4.69, 9.17) is 19.9 Å². The minimum Gasteiger partial charge on any atom is -0.493 e. The Morgan fingerprint density at radius 1 is 1.13 bits per heavy atom. The van der Waals surface area contributed by atoms with Crippen LogP contribution in [0.2, 0.25) is 0 Å². The smallest absolute Gasteiger partial charge is 0.226 e. The molecule has 0 saturated carbocycles. The molecule has 152 valence electrons. The summed E-state index contributed by atoms with van der Waals surface area (Å²) in [4.78, 5) is 0. The number of aryl methyl sites for hydroxylation is 1. The lowest BCUT2D eigenvalue weighted by molar-refractivity contribution is 0.228. The number of hydrogen-bond acceptors (Lipinski definition) is 6. The van der Waals surface area contributed by atoms with E-state index in [1.165, 1.54) is 0 Å². The molecular weight excluding hydrogens is 495 g/mol. The van der Waals surface area contributed by atoms with Crippen LogP contribution in [0.5, 0.6) is 17.4 Å². The summed E-state index contributed by atoms with van der Waals surface area (Å²) in [7, 11) is 3.15. The Kier molecular flexibility index (Phi) is 5.40. The highest BCUT2D eigenvalue weighted by atomic mass is 127. The van der Waals surface area contributed by atoms with E-state index in [1.54, 1.807) is 25.0 Å². The topological polar surface area (TPSA) is 95.3 Å². The number of methoxy groups -OCH3 is 2. The molecule has 1 aliphatic heterocycles. The largest absolute Gasteiger partial charge is 0.493 e. The molecule has 2 aromatic carbocycles. The van der Waals surface area contributed by atoms with Crippen LogP contribution >= 0.6 is 22.6 Å². The highest BCUT2D eigenvalue weighted by Gasteiger charge is 2.33. The summed E-state index contributed by atoms with van der Waals surface area (Å²) in [6, 6.07) is 15.6. The fourth-order valence-electron chi connectivity index (χ4n) is 3.53. The maximum Gasteiger partial charge on any atom is 0.226 e. The van der Waals surface area contributed by atoms with Crippen molar-refractivity contribution in [3.05, 3.63) is 68.4 Å². The van der Waals surface area contributed by atoms with Gasteiger partial charge in [0.2, 0.25) is 5.88 Å². The summed E-state index contributed by atoms with van der Waals surface area (Å²) < 4.78 is 19.6. The van der Waals surface area contributed by atoms with Gasteiger partial charge >= 0.3 is 0 Å². The fourth-order valence-corrected chi connectivity index (χ4v) is 3.89. The molecule has 1 aliphatic rings. The number of ether oxygens (including phenoxy) is 3. The molecule has 0 bridgehead atoms. The highest BCUT2D eigenvalue weighted by molar-refractivity contribution is 14.1. The van der Waals surface area contributed by atoms with E-state index in [-0.39, 0.29) is 0 Å². The van der Waals surface area contributed by atoms with Gasteiger partial charge in [-0.1, -0.05) is 6.07 Å². The van der Waals surface area contributed by atoms with Crippen molar-refractivity contribution in [1.29, 1.82) is 5.26 Å². The van der Waals surface area contributed by atoms with E-state index in [9.17, 15) is 5.26 Å². The van der Waals surface area contributed by atoms with E-state index < -0.39 is 6.23 Å². The predicted molar refractivity (Wildman–Crippen MR) is 121 cm³/mol. The molecule has 0 spiro atoms. The Hall–Kier alpha value is -3.03. The van der Waals surface area contributed by atoms with Gasteiger partial charge in [0.15, 0.2) is 17.7 Å². The first-order chi connectivity index (χ1) is 14.5. The minimum absolute atomic E-state index is 0.333. The first kappa shape index (κ1) is 20.3. The zero-order valence-electron chi connectivity index (χ0n) is 16.6. The van der Waals surface area contributed by atoms with Gasteiger partial charge < -0.3 is 14.2 Å². The first-order valence-electron chi connectivity index (χ1n) is 9.13. The van der Waals surface area contributed by atoms with Gasteiger partial charge in [0.25, 0.3) is 0 Å². The van der Waals surface area contributed by atoms with E-state index in [2.05, 4.69) is 33.8 Å². The van der Waals surface area contributed by atoms with Gasteiger partial charge in [-0.15, -0.1) is 0 Å². The van der Waals surface area contributed by atoms with Crippen LogP contribution in [0.4, 0.5) is 0 Å². The summed E-state index contributed by atoms with van der Waals surface area (Å²) in [6.07, 6.45) is -0.913. The van der Waals surface area contributed by atoms with Crippen molar-refractivity contribution in [2.75, 3.05) is 14.2 Å². The second-order valence-electron chi connectivity index (χ2n) is 6.66. The highest BCUT2D eigenvalue weighted by Crippen LogP contribution is 2.43.